The third-order valence-corrected chi connectivity index (χ3v) is 2.33. The third-order valence-electron chi connectivity index (χ3n) is 2.33. The molecule has 2 N–H and O–H groups in total. The molecular formula is C11H13N3O5. The highest BCUT2D eigenvalue weighted by atomic mass is 16.6. The Kier molecular flexibility index (Phi) is 4.81. The van der Waals surface area contributed by atoms with Crippen molar-refractivity contribution in [3.8, 4) is 0 Å². The summed E-state index contributed by atoms with van der Waals surface area (Å²) in [6, 6.07) is 5.90. The van der Waals surface area contributed by atoms with Crippen LogP contribution in [0, 0.1) is 10.1 Å². The number of anilines is 1. The smallest absolute Gasteiger partial charge is 0.323 e. The molecule has 1 aromatic carbocycles. The van der Waals surface area contributed by atoms with E-state index < -0.39 is 23.3 Å². The van der Waals surface area contributed by atoms with Gasteiger partial charge < -0.3 is 15.3 Å². The summed E-state index contributed by atoms with van der Waals surface area (Å²) in [6.45, 7) is -0.633. The van der Waals surface area contributed by atoms with Gasteiger partial charge in [0.05, 0.1) is 11.5 Å². The molecule has 0 heterocycles. The Morgan fingerprint density at radius 2 is 2.05 bits per heavy atom. The van der Waals surface area contributed by atoms with Gasteiger partial charge in [-0.3, -0.25) is 19.7 Å². The number of carboxylic acids is 1. The van der Waals surface area contributed by atoms with Crippen molar-refractivity contribution in [3.63, 3.8) is 0 Å². The standard InChI is InChI=1S/C11H13N3O5/c1-13(7-11(16)17)10(15)6-12-8-4-2-3-5-9(8)14(18)19/h2-5,12H,6-7H2,1H3,(H,16,17). The van der Waals surface area contributed by atoms with Gasteiger partial charge in [-0.15, -0.1) is 0 Å². The average Bonchev–Trinajstić information content (AvgIpc) is 2.35. The molecule has 0 aromatic heterocycles. The lowest BCUT2D eigenvalue weighted by Crippen LogP contribution is -2.36. The molecule has 0 aliphatic heterocycles. The quantitative estimate of drug-likeness (QED) is 0.574. The second-order valence-corrected chi connectivity index (χ2v) is 3.77. The van der Waals surface area contributed by atoms with Crippen molar-refractivity contribution in [1.29, 1.82) is 0 Å². The lowest BCUT2D eigenvalue weighted by molar-refractivity contribution is -0.383. The predicted molar refractivity (Wildman–Crippen MR) is 66.9 cm³/mol. The number of likely N-dealkylation sites (N-methyl/N-ethyl adjacent to an activating group) is 1. The first kappa shape index (κ1) is 14.4. The number of para-hydroxylation sites is 2. The van der Waals surface area contributed by atoms with E-state index in [0.717, 1.165) is 4.90 Å². The first-order valence-corrected chi connectivity index (χ1v) is 5.35. The predicted octanol–water partition coefficient (Wildman–Crippen LogP) is 0.550. The van der Waals surface area contributed by atoms with E-state index in [9.17, 15) is 19.7 Å². The highest BCUT2D eigenvalue weighted by molar-refractivity contribution is 5.84. The van der Waals surface area contributed by atoms with Crippen molar-refractivity contribution in [2.45, 2.75) is 0 Å². The Bertz CT molecular complexity index is 503. The molecule has 0 bridgehead atoms. The van der Waals surface area contributed by atoms with Gasteiger partial charge in [0.2, 0.25) is 5.91 Å². The number of nitrogens with one attached hydrogen (secondary N) is 1. The maximum absolute atomic E-state index is 11.6. The Hall–Kier alpha value is -2.64. The zero-order chi connectivity index (χ0) is 14.4. The van der Waals surface area contributed by atoms with Gasteiger partial charge in [-0.2, -0.15) is 0 Å². The zero-order valence-corrected chi connectivity index (χ0v) is 10.2. The lowest BCUT2D eigenvalue weighted by atomic mass is 10.2. The Balaban J connectivity index is 2.64. The van der Waals surface area contributed by atoms with Crippen molar-refractivity contribution >= 4 is 23.3 Å². The minimum Gasteiger partial charge on any atom is -0.480 e. The molecule has 19 heavy (non-hydrogen) atoms. The number of nitro benzene ring substituents is 1. The number of rotatable bonds is 6. The molecule has 0 unspecified atom stereocenters. The van der Waals surface area contributed by atoms with Gasteiger partial charge in [-0.05, 0) is 6.07 Å². The van der Waals surface area contributed by atoms with Crippen molar-refractivity contribution in [3.05, 3.63) is 34.4 Å². The molecule has 0 radical (unpaired) electrons. The molecule has 0 spiro atoms. The molecule has 1 aromatic rings. The summed E-state index contributed by atoms with van der Waals surface area (Å²) in [5, 5.41) is 21.9. The molecule has 8 nitrogen and oxygen atoms in total. The summed E-state index contributed by atoms with van der Waals surface area (Å²) in [5.74, 6) is -1.60. The van der Waals surface area contributed by atoms with E-state index in [1.165, 1.54) is 25.2 Å². The second kappa shape index (κ2) is 6.34. The first-order chi connectivity index (χ1) is 8.91. The van der Waals surface area contributed by atoms with Gasteiger partial charge in [0, 0.05) is 13.1 Å². The molecule has 1 amide bonds. The fourth-order valence-electron chi connectivity index (χ4n) is 1.38. The average molecular weight is 267 g/mol. The van der Waals surface area contributed by atoms with Crippen LogP contribution in [0.25, 0.3) is 0 Å². The molecule has 0 fully saturated rings. The Morgan fingerprint density at radius 3 is 2.63 bits per heavy atom. The Morgan fingerprint density at radius 1 is 1.42 bits per heavy atom. The summed E-state index contributed by atoms with van der Waals surface area (Å²) in [5.41, 5.74) is 0.0702. The van der Waals surface area contributed by atoms with E-state index in [1.54, 1.807) is 6.07 Å². The van der Waals surface area contributed by atoms with Crippen LogP contribution in [0.2, 0.25) is 0 Å². The minimum atomic E-state index is -1.12. The summed E-state index contributed by atoms with van der Waals surface area (Å²) in [4.78, 5) is 33.2. The second-order valence-electron chi connectivity index (χ2n) is 3.77. The number of benzene rings is 1. The van der Waals surface area contributed by atoms with E-state index in [4.69, 9.17) is 5.11 Å². The zero-order valence-electron chi connectivity index (χ0n) is 10.2. The van der Waals surface area contributed by atoms with Crippen LogP contribution in [0.1, 0.15) is 0 Å². The number of nitro groups is 1. The van der Waals surface area contributed by atoms with Gasteiger partial charge in [0.15, 0.2) is 0 Å². The lowest BCUT2D eigenvalue weighted by Gasteiger charge is -2.15. The number of carbonyl (C=O) groups excluding carboxylic acids is 1. The maximum atomic E-state index is 11.6. The van der Waals surface area contributed by atoms with Gasteiger partial charge >= 0.3 is 5.97 Å². The van der Waals surface area contributed by atoms with E-state index in [-0.39, 0.29) is 17.9 Å². The topological polar surface area (TPSA) is 113 Å². The van der Waals surface area contributed by atoms with Crippen LogP contribution in [0.5, 0.6) is 0 Å². The van der Waals surface area contributed by atoms with E-state index in [0.29, 0.717) is 0 Å². The maximum Gasteiger partial charge on any atom is 0.323 e. The first-order valence-electron chi connectivity index (χ1n) is 5.35. The summed E-state index contributed by atoms with van der Waals surface area (Å²) in [7, 11) is 1.34. The third kappa shape index (κ3) is 4.26. The van der Waals surface area contributed by atoms with Crippen LogP contribution < -0.4 is 5.32 Å². The molecule has 0 aliphatic carbocycles. The van der Waals surface area contributed by atoms with E-state index in [1.807, 2.05) is 0 Å². The number of carbonyl (C=O) groups is 2. The fraction of sp³-hybridized carbons (Fsp3) is 0.273. The van der Waals surface area contributed by atoms with Gasteiger partial charge in [0.25, 0.3) is 5.69 Å². The van der Waals surface area contributed by atoms with Crippen LogP contribution in [0.15, 0.2) is 24.3 Å². The number of aliphatic carboxylic acids is 1. The van der Waals surface area contributed by atoms with Gasteiger partial charge in [0.1, 0.15) is 12.2 Å². The molecule has 1 rings (SSSR count). The summed E-state index contributed by atoms with van der Waals surface area (Å²) >= 11 is 0. The summed E-state index contributed by atoms with van der Waals surface area (Å²) < 4.78 is 0. The molecule has 0 saturated carbocycles. The van der Waals surface area contributed by atoms with Gasteiger partial charge in [-0.1, -0.05) is 12.1 Å². The highest BCUT2D eigenvalue weighted by Crippen LogP contribution is 2.22. The van der Waals surface area contributed by atoms with E-state index >= 15 is 0 Å². The molecular weight excluding hydrogens is 254 g/mol. The van der Waals surface area contributed by atoms with Crippen LogP contribution in [0.4, 0.5) is 11.4 Å². The largest absolute Gasteiger partial charge is 0.480 e. The molecule has 0 aliphatic rings. The van der Waals surface area contributed by atoms with E-state index in [2.05, 4.69) is 5.32 Å². The van der Waals surface area contributed by atoms with Gasteiger partial charge in [-0.25, -0.2) is 0 Å². The number of hydrogen-bond donors (Lipinski definition) is 2. The van der Waals surface area contributed by atoms with Crippen LogP contribution in [0.3, 0.4) is 0 Å². The van der Waals surface area contributed by atoms with Crippen molar-refractivity contribution in [1.82, 2.24) is 4.90 Å². The molecule has 0 atom stereocenters. The van der Waals surface area contributed by atoms with Crippen LogP contribution >= 0.6 is 0 Å². The SMILES string of the molecule is CN(CC(=O)O)C(=O)CNc1ccccc1[N+](=O)[O-]. The number of nitrogens with zero attached hydrogens (tertiary/aromatic N) is 2. The Labute approximate surface area is 108 Å². The highest BCUT2D eigenvalue weighted by Gasteiger charge is 2.15. The number of carboxylic acid groups (broad SMARTS) is 1. The molecule has 0 saturated heterocycles. The monoisotopic (exact) mass is 267 g/mol. The normalized spacial score (nSPS) is 9.74. The fourth-order valence-corrected chi connectivity index (χ4v) is 1.38. The molecule has 102 valence electrons. The molecule has 8 heteroatoms. The van der Waals surface area contributed by atoms with Crippen LogP contribution in [-0.2, 0) is 9.59 Å². The van der Waals surface area contributed by atoms with Crippen molar-refractivity contribution in [2.24, 2.45) is 0 Å². The number of hydrogen-bond acceptors (Lipinski definition) is 5. The summed E-state index contributed by atoms with van der Waals surface area (Å²) in [6.07, 6.45) is 0. The van der Waals surface area contributed by atoms with Crippen molar-refractivity contribution in [2.75, 3.05) is 25.5 Å². The van der Waals surface area contributed by atoms with Crippen molar-refractivity contribution < 1.29 is 19.6 Å². The number of amides is 1. The van der Waals surface area contributed by atoms with Crippen LogP contribution in [-0.4, -0.2) is 46.9 Å². The minimum absolute atomic E-state index is 0.142.